The Kier molecular flexibility index (Phi) is 3.64. The first kappa shape index (κ1) is 12.3. The molecule has 1 saturated heterocycles. The summed E-state index contributed by atoms with van der Waals surface area (Å²) in [7, 11) is 0. The van der Waals surface area contributed by atoms with Crippen molar-refractivity contribution in [1.29, 1.82) is 0 Å². The van der Waals surface area contributed by atoms with Gasteiger partial charge in [-0.2, -0.15) is 0 Å². The first-order valence-corrected chi connectivity index (χ1v) is 6.16. The van der Waals surface area contributed by atoms with Gasteiger partial charge in [0.2, 0.25) is 0 Å². The molecular weight excluding hydrogens is 216 g/mol. The molecule has 4 nitrogen and oxygen atoms in total. The van der Waals surface area contributed by atoms with E-state index < -0.39 is 0 Å². The zero-order valence-corrected chi connectivity index (χ0v) is 10.5. The standard InChI is InChI=1S/C13H20N2O2/c1-9-3-5-11(7-14)13(16)15(9)8-12-6-4-10(2)17-12/h3,5,10,12H,4,6-8,14H2,1-2H3. The topological polar surface area (TPSA) is 57.2 Å². The summed E-state index contributed by atoms with van der Waals surface area (Å²) in [5, 5.41) is 0. The molecular formula is C13H20N2O2. The minimum Gasteiger partial charge on any atom is -0.373 e. The summed E-state index contributed by atoms with van der Waals surface area (Å²) in [6, 6.07) is 3.76. The van der Waals surface area contributed by atoms with E-state index in [0.29, 0.717) is 24.8 Å². The first-order chi connectivity index (χ1) is 8.11. The summed E-state index contributed by atoms with van der Waals surface area (Å²) >= 11 is 0. The van der Waals surface area contributed by atoms with Gasteiger partial charge >= 0.3 is 0 Å². The molecule has 0 amide bonds. The Bertz CT molecular complexity index is 453. The highest BCUT2D eigenvalue weighted by Gasteiger charge is 2.23. The second-order valence-electron chi connectivity index (χ2n) is 4.77. The van der Waals surface area contributed by atoms with Gasteiger partial charge in [-0.05, 0) is 32.8 Å². The number of hydrogen-bond donors (Lipinski definition) is 1. The Morgan fingerprint density at radius 3 is 2.82 bits per heavy atom. The zero-order valence-electron chi connectivity index (χ0n) is 10.5. The summed E-state index contributed by atoms with van der Waals surface area (Å²) in [6.07, 6.45) is 2.58. The number of ether oxygens (including phenoxy) is 1. The lowest BCUT2D eigenvalue weighted by molar-refractivity contribution is 0.0448. The fourth-order valence-electron chi connectivity index (χ4n) is 2.32. The van der Waals surface area contributed by atoms with Crippen LogP contribution in [0.25, 0.3) is 0 Å². The molecule has 4 heteroatoms. The van der Waals surface area contributed by atoms with Crippen LogP contribution in [0, 0.1) is 6.92 Å². The molecule has 2 atom stereocenters. The van der Waals surface area contributed by atoms with Gasteiger partial charge in [0.25, 0.3) is 5.56 Å². The molecule has 0 bridgehead atoms. The Hall–Kier alpha value is -1.13. The van der Waals surface area contributed by atoms with Crippen LogP contribution in [0.1, 0.15) is 31.0 Å². The molecule has 2 rings (SSSR count). The Morgan fingerprint density at radius 2 is 2.24 bits per heavy atom. The van der Waals surface area contributed by atoms with Crippen molar-refractivity contribution < 1.29 is 4.74 Å². The second kappa shape index (κ2) is 5.02. The van der Waals surface area contributed by atoms with Crippen LogP contribution in [0.3, 0.4) is 0 Å². The van der Waals surface area contributed by atoms with Crippen LogP contribution in [0.15, 0.2) is 16.9 Å². The van der Waals surface area contributed by atoms with Crippen LogP contribution in [-0.2, 0) is 17.8 Å². The zero-order chi connectivity index (χ0) is 12.4. The summed E-state index contributed by atoms with van der Waals surface area (Å²) in [6.45, 7) is 4.95. The molecule has 1 aromatic heterocycles. The lowest BCUT2D eigenvalue weighted by atomic mass is 10.2. The average molecular weight is 236 g/mol. The highest BCUT2D eigenvalue weighted by Crippen LogP contribution is 2.20. The molecule has 0 saturated carbocycles. The van der Waals surface area contributed by atoms with Gasteiger partial charge in [-0.25, -0.2) is 0 Å². The van der Waals surface area contributed by atoms with Gasteiger partial charge < -0.3 is 15.0 Å². The van der Waals surface area contributed by atoms with Crippen LogP contribution in [-0.4, -0.2) is 16.8 Å². The highest BCUT2D eigenvalue weighted by molar-refractivity contribution is 5.15. The van der Waals surface area contributed by atoms with Crippen molar-refractivity contribution in [2.75, 3.05) is 0 Å². The van der Waals surface area contributed by atoms with E-state index in [9.17, 15) is 4.79 Å². The quantitative estimate of drug-likeness (QED) is 0.857. The molecule has 0 radical (unpaired) electrons. The number of hydrogen-bond acceptors (Lipinski definition) is 3. The number of aromatic nitrogens is 1. The molecule has 2 heterocycles. The van der Waals surface area contributed by atoms with E-state index in [2.05, 4.69) is 6.92 Å². The third kappa shape index (κ3) is 2.58. The van der Waals surface area contributed by atoms with Crippen molar-refractivity contribution in [3.05, 3.63) is 33.7 Å². The molecule has 0 spiro atoms. The predicted octanol–water partition coefficient (Wildman–Crippen LogP) is 1.18. The van der Waals surface area contributed by atoms with E-state index in [4.69, 9.17) is 10.5 Å². The van der Waals surface area contributed by atoms with Crippen LogP contribution in [0.2, 0.25) is 0 Å². The molecule has 1 aliphatic heterocycles. The molecule has 0 aromatic carbocycles. The summed E-state index contributed by atoms with van der Waals surface area (Å²) in [5.74, 6) is 0. The third-order valence-electron chi connectivity index (χ3n) is 3.40. The van der Waals surface area contributed by atoms with Crippen LogP contribution < -0.4 is 11.3 Å². The van der Waals surface area contributed by atoms with Crippen molar-refractivity contribution in [2.24, 2.45) is 5.73 Å². The van der Waals surface area contributed by atoms with Gasteiger partial charge in [0.1, 0.15) is 0 Å². The minimum absolute atomic E-state index is 0.0238. The van der Waals surface area contributed by atoms with E-state index in [-0.39, 0.29) is 11.7 Å². The smallest absolute Gasteiger partial charge is 0.255 e. The van der Waals surface area contributed by atoms with Gasteiger partial charge in [-0.1, -0.05) is 6.07 Å². The normalized spacial score (nSPS) is 24.2. The first-order valence-electron chi connectivity index (χ1n) is 6.16. The van der Waals surface area contributed by atoms with Gasteiger partial charge in [0, 0.05) is 17.8 Å². The maximum Gasteiger partial charge on any atom is 0.255 e. The second-order valence-corrected chi connectivity index (χ2v) is 4.77. The van der Waals surface area contributed by atoms with Crippen LogP contribution in [0.5, 0.6) is 0 Å². The van der Waals surface area contributed by atoms with E-state index in [1.54, 1.807) is 4.57 Å². The molecule has 2 N–H and O–H groups in total. The van der Waals surface area contributed by atoms with Crippen molar-refractivity contribution >= 4 is 0 Å². The van der Waals surface area contributed by atoms with Gasteiger partial charge in [0.15, 0.2) is 0 Å². The van der Waals surface area contributed by atoms with Gasteiger partial charge in [0.05, 0.1) is 18.8 Å². The van der Waals surface area contributed by atoms with E-state index >= 15 is 0 Å². The predicted molar refractivity (Wildman–Crippen MR) is 66.9 cm³/mol. The molecule has 17 heavy (non-hydrogen) atoms. The Morgan fingerprint density at radius 1 is 1.47 bits per heavy atom. The molecule has 2 unspecified atom stereocenters. The van der Waals surface area contributed by atoms with E-state index in [1.807, 2.05) is 19.1 Å². The lowest BCUT2D eigenvalue weighted by Crippen LogP contribution is -2.31. The van der Waals surface area contributed by atoms with E-state index in [1.165, 1.54) is 0 Å². The summed E-state index contributed by atoms with van der Waals surface area (Å²) in [5.41, 5.74) is 7.22. The largest absolute Gasteiger partial charge is 0.373 e. The van der Waals surface area contributed by atoms with Crippen LogP contribution in [0.4, 0.5) is 0 Å². The van der Waals surface area contributed by atoms with Crippen molar-refractivity contribution in [3.8, 4) is 0 Å². The monoisotopic (exact) mass is 236 g/mol. The Balaban J connectivity index is 2.23. The van der Waals surface area contributed by atoms with Gasteiger partial charge in [-0.3, -0.25) is 4.79 Å². The lowest BCUT2D eigenvalue weighted by Gasteiger charge is -2.16. The Labute approximate surface area is 101 Å². The fourth-order valence-corrected chi connectivity index (χ4v) is 2.32. The number of pyridine rings is 1. The fraction of sp³-hybridized carbons (Fsp3) is 0.615. The van der Waals surface area contributed by atoms with E-state index in [0.717, 1.165) is 18.5 Å². The SMILES string of the molecule is Cc1ccc(CN)c(=O)n1CC1CCC(C)O1. The highest BCUT2D eigenvalue weighted by atomic mass is 16.5. The van der Waals surface area contributed by atoms with Crippen molar-refractivity contribution in [3.63, 3.8) is 0 Å². The average Bonchev–Trinajstić information content (AvgIpc) is 2.70. The third-order valence-corrected chi connectivity index (χ3v) is 3.40. The summed E-state index contributed by atoms with van der Waals surface area (Å²) in [4.78, 5) is 12.1. The number of aryl methyl sites for hydroxylation is 1. The van der Waals surface area contributed by atoms with Crippen LogP contribution >= 0.6 is 0 Å². The van der Waals surface area contributed by atoms with Crippen molar-refractivity contribution in [2.45, 2.75) is 52.0 Å². The molecule has 0 aliphatic carbocycles. The molecule has 1 fully saturated rings. The molecule has 1 aromatic rings. The molecule has 94 valence electrons. The number of rotatable bonds is 3. The molecule has 1 aliphatic rings. The number of nitrogens with two attached hydrogens (primary N) is 1. The maximum atomic E-state index is 12.1. The minimum atomic E-state index is 0.0238. The van der Waals surface area contributed by atoms with Crippen molar-refractivity contribution in [1.82, 2.24) is 4.57 Å². The number of nitrogens with zero attached hydrogens (tertiary/aromatic N) is 1. The van der Waals surface area contributed by atoms with Gasteiger partial charge in [-0.15, -0.1) is 0 Å². The maximum absolute atomic E-state index is 12.1. The summed E-state index contributed by atoms with van der Waals surface area (Å²) < 4.78 is 7.54.